The van der Waals surface area contributed by atoms with Gasteiger partial charge in [0.15, 0.2) is 0 Å². The molecule has 2 fully saturated rings. The monoisotopic (exact) mass is 405 g/mol. The van der Waals surface area contributed by atoms with Crippen molar-refractivity contribution in [1.82, 2.24) is 15.1 Å². The van der Waals surface area contributed by atoms with Gasteiger partial charge in [0.1, 0.15) is 11.9 Å². The Morgan fingerprint density at radius 3 is 2.41 bits per heavy atom. The van der Waals surface area contributed by atoms with Gasteiger partial charge >= 0.3 is 6.09 Å². The van der Waals surface area contributed by atoms with E-state index in [0.717, 1.165) is 12.8 Å². The molecule has 2 rings (SSSR count). The number of aldehydes is 1. The maximum atomic E-state index is 12.2. The minimum atomic E-state index is -0.509. The van der Waals surface area contributed by atoms with Gasteiger partial charge in [0.05, 0.1) is 5.92 Å². The van der Waals surface area contributed by atoms with Crippen LogP contribution >= 0.6 is 0 Å². The normalized spacial score (nSPS) is 21.9. The molecule has 0 spiro atoms. The molecule has 1 N–H and O–H groups in total. The Labute approximate surface area is 171 Å². The lowest BCUT2D eigenvalue weighted by atomic mass is 9.90. The fourth-order valence-electron chi connectivity index (χ4n) is 3.49. The topological polar surface area (TPSA) is 96.0 Å². The SMILES string of the molecule is CN(/C=C\C(=C/C=O)C1CCC(=O)NC1=O)C1CCN(C(=O)OC(C)(C)C)CC1. The van der Waals surface area contributed by atoms with Crippen molar-refractivity contribution < 1.29 is 23.9 Å². The van der Waals surface area contributed by atoms with E-state index in [1.165, 1.54) is 6.08 Å². The number of imide groups is 1. The number of allylic oxidation sites excluding steroid dienone is 2. The summed E-state index contributed by atoms with van der Waals surface area (Å²) in [6, 6.07) is 0.240. The van der Waals surface area contributed by atoms with Crippen molar-refractivity contribution >= 4 is 24.2 Å². The highest BCUT2D eigenvalue weighted by atomic mass is 16.6. The van der Waals surface area contributed by atoms with Crippen LogP contribution < -0.4 is 5.32 Å². The molecular weight excluding hydrogens is 374 g/mol. The molecule has 0 saturated carbocycles. The Balaban J connectivity index is 1.92. The molecule has 1 unspecified atom stereocenters. The number of carbonyl (C=O) groups is 4. The summed E-state index contributed by atoms with van der Waals surface area (Å²) >= 11 is 0. The van der Waals surface area contributed by atoms with Crippen LogP contribution in [0.3, 0.4) is 0 Å². The van der Waals surface area contributed by atoms with Crippen LogP contribution in [0.15, 0.2) is 23.9 Å². The van der Waals surface area contributed by atoms with E-state index in [2.05, 4.69) is 5.32 Å². The van der Waals surface area contributed by atoms with Gasteiger partial charge in [0.2, 0.25) is 11.8 Å². The summed E-state index contributed by atoms with van der Waals surface area (Å²) in [6.07, 6.45) is 7.60. The predicted octanol–water partition coefficient (Wildman–Crippen LogP) is 2.01. The fourth-order valence-corrected chi connectivity index (χ4v) is 3.49. The molecule has 0 aromatic carbocycles. The van der Waals surface area contributed by atoms with Gasteiger partial charge in [-0.3, -0.25) is 19.7 Å². The summed E-state index contributed by atoms with van der Waals surface area (Å²) in [5.41, 5.74) is 0.0770. The lowest BCUT2D eigenvalue weighted by Gasteiger charge is -2.37. The first-order valence-corrected chi connectivity index (χ1v) is 9.98. The van der Waals surface area contributed by atoms with Crippen LogP contribution in [0.5, 0.6) is 0 Å². The van der Waals surface area contributed by atoms with Gasteiger partial charge in [-0.15, -0.1) is 0 Å². The number of nitrogens with one attached hydrogen (secondary N) is 1. The molecule has 8 heteroatoms. The number of hydrogen-bond acceptors (Lipinski definition) is 6. The minimum Gasteiger partial charge on any atom is -0.444 e. The Morgan fingerprint density at radius 1 is 1.21 bits per heavy atom. The maximum Gasteiger partial charge on any atom is 0.410 e. The molecule has 2 aliphatic rings. The zero-order valence-corrected chi connectivity index (χ0v) is 17.6. The summed E-state index contributed by atoms with van der Waals surface area (Å²) < 4.78 is 5.42. The Hall–Kier alpha value is -2.64. The van der Waals surface area contributed by atoms with Gasteiger partial charge in [-0.25, -0.2) is 4.79 Å². The van der Waals surface area contributed by atoms with Gasteiger partial charge in [-0.1, -0.05) is 0 Å². The smallest absolute Gasteiger partial charge is 0.410 e. The van der Waals surface area contributed by atoms with Crippen molar-refractivity contribution in [2.45, 2.75) is 58.1 Å². The molecule has 0 radical (unpaired) electrons. The summed E-state index contributed by atoms with van der Waals surface area (Å²) in [5.74, 6) is -1.15. The molecule has 2 heterocycles. The third-order valence-electron chi connectivity index (χ3n) is 5.10. The molecule has 160 valence electrons. The second-order valence-corrected chi connectivity index (χ2v) is 8.49. The highest BCUT2D eigenvalue weighted by Crippen LogP contribution is 2.23. The Kier molecular flexibility index (Phi) is 7.59. The average Bonchev–Trinajstić information content (AvgIpc) is 2.64. The van der Waals surface area contributed by atoms with Crippen molar-refractivity contribution in [2.24, 2.45) is 5.92 Å². The van der Waals surface area contributed by atoms with Crippen LogP contribution in [0.1, 0.15) is 46.5 Å². The van der Waals surface area contributed by atoms with E-state index in [0.29, 0.717) is 31.4 Å². The molecular formula is C21H31N3O5. The highest BCUT2D eigenvalue weighted by Gasteiger charge is 2.30. The van der Waals surface area contributed by atoms with E-state index in [1.807, 2.05) is 38.9 Å². The number of likely N-dealkylation sites (tertiary alicyclic amines) is 1. The molecule has 2 aliphatic heterocycles. The second kappa shape index (κ2) is 9.71. The summed E-state index contributed by atoms with van der Waals surface area (Å²) in [7, 11) is 1.94. The molecule has 8 nitrogen and oxygen atoms in total. The third-order valence-corrected chi connectivity index (χ3v) is 5.10. The Morgan fingerprint density at radius 2 is 1.86 bits per heavy atom. The van der Waals surface area contributed by atoms with E-state index in [4.69, 9.17) is 4.74 Å². The molecule has 0 aromatic heterocycles. The first kappa shape index (κ1) is 22.6. The molecule has 1 atom stereocenters. The van der Waals surface area contributed by atoms with Gasteiger partial charge in [0.25, 0.3) is 0 Å². The summed E-state index contributed by atoms with van der Waals surface area (Å²) in [5, 5.41) is 2.32. The molecule has 29 heavy (non-hydrogen) atoms. The van der Waals surface area contributed by atoms with E-state index >= 15 is 0 Å². The van der Waals surface area contributed by atoms with Crippen LogP contribution in [0.25, 0.3) is 0 Å². The van der Waals surface area contributed by atoms with Gasteiger partial charge < -0.3 is 14.5 Å². The molecule has 2 saturated heterocycles. The van der Waals surface area contributed by atoms with Gasteiger partial charge in [-0.05, 0) is 64.0 Å². The number of ether oxygens (including phenoxy) is 1. The van der Waals surface area contributed by atoms with E-state index in [9.17, 15) is 19.2 Å². The number of amides is 3. The van der Waals surface area contributed by atoms with E-state index in [-0.39, 0.29) is 30.4 Å². The molecule has 0 aromatic rings. The van der Waals surface area contributed by atoms with Gasteiger partial charge in [0, 0.05) is 32.6 Å². The zero-order chi connectivity index (χ0) is 21.6. The van der Waals surface area contributed by atoms with E-state index < -0.39 is 11.5 Å². The summed E-state index contributed by atoms with van der Waals surface area (Å²) in [6.45, 7) is 6.78. The molecule has 3 amide bonds. The number of nitrogens with zero attached hydrogens (tertiary/aromatic N) is 2. The number of carbonyl (C=O) groups excluding carboxylic acids is 4. The third kappa shape index (κ3) is 6.73. The fraction of sp³-hybridized carbons (Fsp3) is 0.619. The van der Waals surface area contributed by atoms with Crippen molar-refractivity contribution in [3.63, 3.8) is 0 Å². The van der Waals surface area contributed by atoms with Crippen LogP contribution in [-0.2, 0) is 19.1 Å². The van der Waals surface area contributed by atoms with Gasteiger partial charge in [-0.2, -0.15) is 0 Å². The quantitative estimate of drug-likeness (QED) is 0.325. The van der Waals surface area contributed by atoms with Crippen LogP contribution in [0.2, 0.25) is 0 Å². The zero-order valence-electron chi connectivity index (χ0n) is 17.6. The van der Waals surface area contributed by atoms with Crippen LogP contribution in [0.4, 0.5) is 4.79 Å². The minimum absolute atomic E-state index is 0.240. The molecule has 0 aliphatic carbocycles. The lowest BCUT2D eigenvalue weighted by Crippen LogP contribution is -2.46. The van der Waals surface area contributed by atoms with Crippen molar-refractivity contribution in [1.29, 1.82) is 0 Å². The Bertz CT molecular complexity index is 700. The predicted molar refractivity (Wildman–Crippen MR) is 108 cm³/mol. The summed E-state index contributed by atoms with van der Waals surface area (Å²) in [4.78, 5) is 50.4. The number of piperidine rings is 2. The standard InChI is InChI=1S/C21H31N3O5/c1-21(2,3)29-20(28)24-12-8-16(9-13-24)23(4)11-7-15(10-14-25)17-5-6-18(26)22-19(17)27/h7,10-11,14,16-17H,5-6,8-9,12-13H2,1-4H3,(H,22,26,27)/b11-7-,15-10+. The van der Waals surface area contributed by atoms with Crippen molar-refractivity contribution in [2.75, 3.05) is 20.1 Å². The first-order valence-electron chi connectivity index (χ1n) is 9.98. The number of rotatable bonds is 5. The first-order chi connectivity index (χ1) is 13.6. The molecule has 0 bridgehead atoms. The van der Waals surface area contributed by atoms with Crippen LogP contribution in [-0.4, -0.2) is 65.8 Å². The van der Waals surface area contributed by atoms with E-state index in [1.54, 1.807) is 11.0 Å². The van der Waals surface area contributed by atoms with Crippen LogP contribution in [0, 0.1) is 5.92 Å². The largest absolute Gasteiger partial charge is 0.444 e. The average molecular weight is 405 g/mol. The second-order valence-electron chi connectivity index (χ2n) is 8.49. The van der Waals surface area contributed by atoms with Crippen molar-refractivity contribution in [3.8, 4) is 0 Å². The van der Waals surface area contributed by atoms with Crippen molar-refractivity contribution in [3.05, 3.63) is 23.9 Å². The lowest BCUT2D eigenvalue weighted by molar-refractivity contribution is -0.135. The maximum absolute atomic E-state index is 12.2. The highest BCUT2D eigenvalue weighted by molar-refractivity contribution is 6.00. The number of hydrogen-bond donors (Lipinski definition) is 1.